The molecule has 0 atom stereocenters. The summed E-state index contributed by atoms with van der Waals surface area (Å²) in [5.41, 5.74) is 1.37. The number of carbonyl (C=O) groups excluding carboxylic acids is 2. The van der Waals surface area contributed by atoms with Crippen LogP contribution in [0.3, 0.4) is 0 Å². The van der Waals surface area contributed by atoms with Crippen LogP contribution in [0, 0.1) is 5.82 Å². The molecule has 1 aromatic carbocycles. The number of amides is 2. The first-order valence-corrected chi connectivity index (χ1v) is 8.55. The Balaban J connectivity index is 1.38. The van der Waals surface area contributed by atoms with Crippen LogP contribution in [-0.2, 0) is 0 Å². The molecule has 8 heteroatoms. The molecule has 0 spiro atoms. The summed E-state index contributed by atoms with van der Waals surface area (Å²) in [7, 11) is 0. The van der Waals surface area contributed by atoms with Crippen molar-refractivity contribution in [3.05, 3.63) is 65.8 Å². The fourth-order valence-corrected chi connectivity index (χ4v) is 3.04. The van der Waals surface area contributed by atoms with E-state index in [0.717, 1.165) is 0 Å². The van der Waals surface area contributed by atoms with E-state index in [1.165, 1.54) is 24.3 Å². The summed E-state index contributed by atoms with van der Waals surface area (Å²) in [5, 5.41) is 6.86. The molecule has 2 aromatic heterocycles. The zero-order valence-corrected chi connectivity index (χ0v) is 14.4. The Morgan fingerprint density at radius 3 is 2.30 bits per heavy atom. The predicted molar refractivity (Wildman–Crippen MR) is 94.5 cm³/mol. The van der Waals surface area contributed by atoms with E-state index in [0.29, 0.717) is 48.9 Å². The van der Waals surface area contributed by atoms with Gasteiger partial charge in [-0.05, 0) is 36.4 Å². The number of benzene rings is 1. The van der Waals surface area contributed by atoms with Crippen LogP contribution in [0.4, 0.5) is 4.39 Å². The molecule has 1 saturated heterocycles. The highest BCUT2D eigenvalue weighted by atomic mass is 19.1. The summed E-state index contributed by atoms with van der Waals surface area (Å²) in [6.45, 7) is 1.65. The number of H-pyrrole nitrogens is 1. The van der Waals surface area contributed by atoms with Gasteiger partial charge >= 0.3 is 0 Å². The monoisotopic (exact) mass is 368 g/mol. The number of furan rings is 1. The molecule has 0 bridgehead atoms. The van der Waals surface area contributed by atoms with Crippen LogP contribution >= 0.6 is 0 Å². The molecule has 27 heavy (non-hydrogen) atoms. The highest BCUT2D eigenvalue weighted by Crippen LogP contribution is 2.19. The number of aromatic nitrogens is 2. The number of aromatic amines is 1. The Labute approximate surface area is 154 Å². The first kappa shape index (κ1) is 17.0. The number of nitrogens with zero attached hydrogens (tertiary/aromatic N) is 3. The zero-order chi connectivity index (χ0) is 18.8. The van der Waals surface area contributed by atoms with Gasteiger partial charge < -0.3 is 14.2 Å². The number of piperazine rings is 1. The molecular weight excluding hydrogens is 351 g/mol. The second-order valence-electron chi connectivity index (χ2n) is 6.24. The maximum absolute atomic E-state index is 13.0. The van der Waals surface area contributed by atoms with Gasteiger partial charge in [0.25, 0.3) is 11.8 Å². The summed E-state index contributed by atoms with van der Waals surface area (Å²) in [6.07, 6.45) is 1.55. The van der Waals surface area contributed by atoms with Gasteiger partial charge in [0.05, 0.1) is 6.26 Å². The van der Waals surface area contributed by atoms with Crippen LogP contribution in [0.15, 0.2) is 53.1 Å². The molecule has 0 unspecified atom stereocenters. The molecule has 138 valence electrons. The SMILES string of the molecule is O=C(c1ccc(F)cc1)N1CCN(C(=O)c2cc(-c3ccco3)[nH]n2)CC1. The second kappa shape index (κ2) is 7.06. The van der Waals surface area contributed by atoms with E-state index in [-0.39, 0.29) is 17.6 Å². The van der Waals surface area contributed by atoms with Gasteiger partial charge in [0, 0.05) is 37.8 Å². The van der Waals surface area contributed by atoms with Crippen molar-refractivity contribution in [2.75, 3.05) is 26.2 Å². The largest absolute Gasteiger partial charge is 0.463 e. The normalized spacial score (nSPS) is 14.4. The van der Waals surface area contributed by atoms with Gasteiger partial charge in [0.1, 0.15) is 11.5 Å². The highest BCUT2D eigenvalue weighted by Gasteiger charge is 2.27. The van der Waals surface area contributed by atoms with Gasteiger partial charge in [-0.25, -0.2) is 4.39 Å². The van der Waals surface area contributed by atoms with Gasteiger partial charge in [-0.15, -0.1) is 0 Å². The van der Waals surface area contributed by atoms with Crippen molar-refractivity contribution < 1.29 is 18.4 Å². The molecule has 1 fully saturated rings. The lowest BCUT2D eigenvalue weighted by atomic mass is 10.1. The number of nitrogens with one attached hydrogen (secondary N) is 1. The highest BCUT2D eigenvalue weighted by molar-refractivity contribution is 5.95. The quantitative estimate of drug-likeness (QED) is 0.770. The molecule has 1 N–H and O–H groups in total. The van der Waals surface area contributed by atoms with Crippen molar-refractivity contribution in [2.24, 2.45) is 0 Å². The molecule has 0 aliphatic carbocycles. The van der Waals surface area contributed by atoms with Crippen molar-refractivity contribution in [3.63, 3.8) is 0 Å². The van der Waals surface area contributed by atoms with E-state index in [1.54, 1.807) is 34.3 Å². The van der Waals surface area contributed by atoms with E-state index < -0.39 is 0 Å². The first-order chi connectivity index (χ1) is 13.1. The van der Waals surface area contributed by atoms with Gasteiger partial charge in [0.2, 0.25) is 0 Å². The van der Waals surface area contributed by atoms with Crippen LogP contribution in [-0.4, -0.2) is 58.0 Å². The summed E-state index contributed by atoms with van der Waals surface area (Å²) in [5.74, 6) is -0.133. The van der Waals surface area contributed by atoms with Gasteiger partial charge in [-0.1, -0.05) is 0 Å². The van der Waals surface area contributed by atoms with E-state index in [1.807, 2.05) is 0 Å². The van der Waals surface area contributed by atoms with Crippen LogP contribution < -0.4 is 0 Å². The maximum atomic E-state index is 13.0. The molecular formula is C19H17FN4O3. The minimum atomic E-state index is -0.380. The Kier molecular flexibility index (Phi) is 4.45. The third kappa shape index (κ3) is 3.46. The van der Waals surface area contributed by atoms with Crippen molar-refractivity contribution in [3.8, 4) is 11.5 Å². The lowest BCUT2D eigenvalue weighted by molar-refractivity contribution is 0.0532. The summed E-state index contributed by atoms with van der Waals surface area (Å²) >= 11 is 0. The molecule has 1 aliphatic heterocycles. The summed E-state index contributed by atoms with van der Waals surface area (Å²) < 4.78 is 18.3. The third-order valence-corrected chi connectivity index (χ3v) is 4.53. The van der Waals surface area contributed by atoms with E-state index >= 15 is 0 Å². The van der Waals surface area contributed by atoms with Crippen LogP contribution in [0.25, 0.3) is 11.5 Å². The topological polar surface area (TPSA) is 82.4 Å². The minimum Gasteiger partial charge on any atom is -0.463 e. The van der Waals surface area contributed by atoms with Gasteiger partial charge in [-0.2, -0.15) is 5.10 Å². The van der Waals surface area contributed by atoms with E-state index in [9.17, 15) is 14.0 Å². The molecule has 3 aromatic rings. The molecule has 4 rings (SSSR count). The standard InChI is InChI=1S/C19H17FN4O3/c20-14-5-3-13(4-6-14)18(25)23-7-9-24(10-8-23)19(26)16-12-15(21-22-16)17-2-1-11-27-17/h1-6,11-12H,7-10H2,(H,21,22). The Morgan fingerprint density at radius 2 is 1.67 bits per heavy atom. The Bertz CT molecular complexity index is 942. The first-order valence-electron chi connectivity index (χ1n) is 8.55. The number of hydrogen-bond acceptors (Lipinski definition) is 4. The zero-order valence-electron chi connectivity index (χ0n) is 14.4. The number of hydrogen-bond donors (Lipinski definition) is 1. The number of halogens is 1. The average Bonchev–Trinajstić information content (AvgIpc) is 3.39. The lowest BCUT2D eigenvalue weighted by Crippen LogP contribution is -2.50. The predicted octanol–water partition coefficient (Wildman–Crippen LogP) is 2.41. The molecule has 7 nitrogen and oxygen atoms in total. The van der Waals surface area contributed by atoms with E-state index in [4.69, 9.17) is 4.42 Å². The molecule has 2 amide bonds. The van der Waals surface area contributed by atoms with Crippen molar-refractivity contribution in [1.82, 2.24) is 20.0 Å². The number of carbonyl (C=O) groups is 2. The van der Waals surface area contributed by atoms with Crippen LogP contribution in [0.2, 0.25) is 0 Å². The molecule has 3 heterocycles. The van der Waals surface area contributed by atoms with Crippen molar-refractivity contribution in [2.45, 2.75) is 0 Å². The van der Waals surface area contributed by atoms with Gasteiger partial charge in [-0.3, -0.25) is 14.7 Å². The molecule has 0 saturated carbocycles. The Morgan fingerprint density at radius 1 is 1.00 bits per heavy atom. The molecule has 0 radical (unpaired) electrons. The summed E-state index contributed by atoms with van der Waals surface area (Å²) in [6, 6.07) is 10.7. The third-order valence-electron chi connectivity index (χ3n) is 4.53. The molecule has 1 aliphatic rings. The maximum Gasteiger partial charge on any atom is 0.274 e. The second-order valence-corrected chi connectivity index (χ2v) is 6.24. The Hall–Kier alpha value is -3.42. The lowest BCUT2D eigenvalue weighted by Gasteiger charge is -2.34. The fraction of sp³-hybridized carbons (Fsp3) is 0.211. The van der Waals surface area contributed by atoms with Gasteiger partial charge in [0.15, 0.2) is 11.5 Å². The van der Waals surface area contributed by atoms with Crippen LogP contribution in [0.5, 0.6) is 0 Å². The fourth-order valence-electron chi connectivity index (χ4n) is 3.04. The smallest absolute Gasteiger partial charge is 0.274 e. The van der Waals surface area contributed by atoms with Crippen LogP contribution in [0.1, 0.15) is 20.8 Å². The summed E-state index contributed by atoms with van der Waals surface area (Å²) in [4.78, 5) is 28.4. The van der Waals surface area contributed by atoms with Crippen molar-refractivity contribution in [1.29, 1.82) is 0 Å². The minimum absolute atomic E-state index is 0.165. The number of rotatable bonds is 3. The van der Waals surface area contributed by atoms with E-state index in [2.05, 4.69) is 10.2 Å². The van der Waals surface area contributed by atoms with Crippen molar-refractivity contribution >= 4 is 11.8 Å². The average molecular weight is 368 g/mol.